The smallest absolute Gasteiger partial charge is 0.410 e. The van der Waals surface area contributed by atoms with Gasteiger partial charge in [0, 0.05) is 31.0 Å². The molecule has 2 spiro atoms. The van der Waals surface area contributed by atoms with Gasteiger partial charge in [-0.3, -0.25) is 0 Å². The average molecular weight is 615 g/mol. The molecule has 44 heavy (non-hydrogen) atoms. The van der Waals surface area contributed by atoms with Crippen molar-refractivity contribution in [2.45, 2.75) is 137 Å². The first-order valence-corrected chi connectivity index (χ1v) is 17.9. The number of aliphatic hydroxyl groups excluding tert-OH is 1. The summed E-state index contributed by atoms with van der Waals surface area (Å²) in [5.74, 6) is 1.75. The standard InChI is InChI=1S/C36H58N2O6/c1-20(2)27(44-30(40)37-8)22-18-21(3)26-28(42-22)29(39)34(7)24-11-10-23-32(4,5)25(43-31(41)38-16-9-17-38)12-13-35(23)19-36(24,35)15-14-33(26,34)6/h20-29,39H,9-19H2,1-8H3,(H,37,40)/t21-,22?,23+,24?,25?,26+,27?,28?,29+,33?,34?,35?,36?/m1/s1. The Balaban J connectivity index is 1.15. The van der Waals surface area contributed by atoms with Crippen molar-refractivity contribution >= 4 is 12.2 Å². The van der Waals surface area contributed by atoms with Gasteiger partial charge in [-0.05, 0) is 104 Å². The number of ether oxygens (including phenoxy) is 3. The zero-order chi connectivity index (χ0) is 31.6. The van der Waals surface area contributed by atoms with Crippen molar-refractivity contribution in [2.75, 3.05) is 20.1 Å². The molecule has 8 heteroatoms. The fourth-order valence-corrected chi connectivity index (χ4v) is 13.3. The van der Waals surface area contributed by atoms with Crippen molar-refractivity contribution in [2.24, 2.45) is 56.7 Å². The van der Waals surface area contributed by atoms with Crippen molar-refractivity contribution in [3.8, 4) is 0 Å². The van der Waals surface area contributed by atoms with Crippen LogP contribution in [0, 0.1) is 56.7 Å². The topological polar surface area (TPSA) is 97.3 Å². The molecule has 248 valence electrons. The van der Waals surface area contributed by atoms with Crippen LogP contribution in [-0.2, 0) is 14.2 Å². The Kier molecular flexibility index (Phi) is 7.05. The molecule has 0 aromatic heterocycles. The van der Waals surface area contributed by atoms with Gasteiger partial charge in [0.05, 0.1) is 18.3 Å². The third-order valence-electron chi connectivity index (χ3n) is 15.6. The first-order valence-electron chi connectivity index (χ1n) is 17.9. The lowest BCUT2D eigenvalue weighted by Gasteiger charge is -2.63. The van der Waals surface area contributed by atoms with Crippen LogP contribution in [0.3, 0.4) is 0 Å². The number of rotatable bonds is 4. The molecule has 2 saturated heterocycles. The summed E-state index contributed by atoms with van der Waals surface area (Å²) < 4.78 is 19.0. The average Bonchev–Trinajstić information content (AvgIpc) is 3.56. The maximum absolute atomic E-state index is 12.9. The van der Waals surface area contributed by atoms with Gasteiger partial charge in [0.2, 0.25) is 0 Å². The minimum atomic E-state index is -0.547. The Morgan fingerprint density at radius 2 is 1.68 bits per heavy atom. The molecule has 7 aliphatic rings. The molecule has 9 unspecified atom stereocenters. The lowest BCUT2D eigenvalue weighted by Crippen LogP contribution is -2.60. The lowest BCUT2D eigenvalue weighted by atomic mass is 9.41. The van der Waals surface area contributed by atoms with E-state index in [1.165, 1.54) is 12.8 Å². The molecule has 0 bridgehead atoms. The second-order valence-electron chi connectivity index (χ2n) is 17.6. The van der Waals surface area contributed by atoms with E-state index in [4.69, 9.17) is 14.2 Å². The number of likely N-dealkylation sites (tertiary alicyclic amines) is 1. The van der Waals surface area contributed by atoms with Crippen LogP contribution in [0.2, 0.25) is 0 Å². The van der Waals surface area contributed by atoms with Crippen LogP contribution in [0.25, 0.3) is 0 Å². The minimum absolute atomic E-state index is 0.0115. The summed E-state index contributed by atoms with van der Waals surface area (Å²) in [5, 5.41) is 15.1. The van der Waals surface area contributed by atoms with Crippen LogP contribution in [0.15, 0.2) is 0 Å². The van der Waals surface area contributed by atoms with Gasteiger partial charge in [-0.25, -0.2) is 9.59 Å². The molecule has 2 heterocycles. The van der Waals surface area contributed by atoms with Crippen molar-refractivity contribution in [1.82, 2.24) is 10.2 Å². The van der Waals surface area contributed by atoms with E-state index in [1.807, 2.05) is 4.90 Å². The van der Waals surface area contributed by atoms with Crippen LogP contribution >= 0.6 is 0 Å². The van der Waals surface area contributed by atoms with E-state index in [2.05, 4.69) is 53.8 Å². The number of fused-ring (bicyclic) bond motifs is 4. The number of nitrogens with zero attached hydrogens (tertiary/aromatic N) is 1. The van der Waals surface area contributed by atoms with Crippen LogP contribution in [0.5, 0.6) is 0 Å². The molecule has 2 amide bonds. The highest BCUT2D eigenvalue weighted by atomic mass is 16.6. The third-order valence-corrected chi connectivity index (χ3v) is 15.6. The normalized spacial score (nSPS) is 50.5. The molecule has 8 nitrogen and oxygen atoms in total. The highest BCUT2D eigenvalue weighted by Crippen LogP contribution is 2.89. The second-order valence-corrected chi connectivity index (χ2v) is 17.6. The summed E-state index contributed by atoms with van der Waals surface area (Å²) in [6.07, 6.45) is 7.94. The zero-order valence-corrected chi connectivity index (χ0v) is 28.5. The van der Waals surface area contributed by atoms with E-state index < -0.39 is 12.2 Å². The van der Waals surface area contributed by atoms with Gasteiger partial charge in [0.15, 0.2) is 0 Å². The van der Waals surface area contributed by atoms with Gasteiger partial charge >= 0.3 is 12.2 Å². The Bertz CT molecular complexity index is 1190. The molecule has 0 aromatic carbocycles. The van der Waals surface area contributed by atoms with Crippen molar-refractivity contribution in [1.29, 1.82) is 0 Å². The fourth-order valence-electron chi connectivity index (χ4n) is 13.3. The van der Waals surface area contributed by atoms with Crippen LogP contribution < -0.4 is 5.32 Å². The van der Waals surface area contributed by atoms with Gasteiger partial charge in [-0.2, -0.15) is 0 Å². The van der Waals surface area contributed by atoms with Gasteiger partial charge in [0.1, 0.15) is 12.2 Å². The summed E-state index contributed by atoms with van der Waals surface area (Å²) in [4.78, 5) is 27.0. The number of aliphatic hydroxyl groups is 1. The van der Waals surface area contributed by atoms with Crippen molar-refractivity contribution in [3.05, 3.63) is 0 Å². The predicted molar refractivity (Wildman–Crippen MR) is 167 cm³/mol. The monoisotopic (exact) mass is 614 g/mol. The predicted octanol–water partition coefficient (Wildman–Crippen LogP) is 6.39. The Morgan fingerprint density at radius 1 is 1.00 bits per heavy atom. The summed E-state index contributed by atoms with van der Waals surface area (Å²) >= 11 is 0. The van der Waals surface area contributed by atoms with Gasteiger partial charge in [-0.15, -0.1) is 0 Å². The molecule has 7 fully saturated rings. The van der Waals surface area contributed by atoms with Crippen LogP contribution in [0.1, 0.15) is 106 Å². The zero-order valence-electron chi connectivity index (χ0n) is 28.5. The van der Waals surface area contributed by atoms with E-state index in [9.17, 15) is 14.7 Å². The number of alkyl carbamates (subject to hydrolysis) is 1. The van der Waals surface area contributed by atoms with E-state index >= 15 is 0 Å². The van der Waals surface area contributed by atoms with Crippen LogP contribution in [-0.4, -0.2) is 72.8 Å². The van der Waals surface area contributed by atoms with E-state index in [1.54, 1.807) is 7.05 Å². The number of hydrogen-bond acceptors (Lipinski definition) is 6. The molecule has 0 aromatic rings. The Labute approximate surface area is 264 Å². The third kappa shape index (κ3) is 3.82. The minimum Gasteiger partial charge on any atom is -0.446 e. The van der Waals surface area contributed by atoms with E-state index in [-0.39, 0.29) is 69.4 Å². The fraction of sp³-hybridized carbons (Fsp3) is 0.944. The van der Waals surface area contributed by atoms with E-state index in [0.29, 0.717) is 17.8 Å². The maximum Gasteiger partial charge on any atom is 0.410 e. The highest BCUT2D eigenvalue weighted by Gasteiger charge is 2.84. The molecule has 2 aliphatic heterocycles. The summed E-state index contributed by atoms with van der Waals surface area (Å²) in [7, 11) is 1.59. The summed E-state index contributed by atoms with van der Waals surface area (Å²) in [6, 6.07) is 0. The molecule has 13 atom stereocenters. The van der Waals surface area contributed by atoms with E-state index in [0.717, 1.165) is 58.0 Å². The molecule has 0 radical (unpaired) electrons. The van der Waals surface area contributed by atoms with Crippen molar-refractivity contribution in [3.63, 3.8) is 0 Å². The molecule has 5 aliphatic carbocycles. The van der Waals surface area contributed by atoms with Crippen LogP contribution in [0.4, 0.5) is 9.59 Å². The Morgan fingerprint density at radius 3 is 2.32 bits per heavy atom. The quantitative estimate of drug-likeness (QED) is 0.381. The highest BCUT2D eigenvalue weighted by molar-refractivity contribution is 5.68. The number of carbonyl (C=O) groups is 2. The summed E-state index contributed by atoms with van der Waals surface area (Å²) in [6.45, 7) is 17.8. The maximum atomic E-state index is 12.9. The number of amides is 2. The molecular weight excluding hydrogens is 556 g/mol. The van der Waals surface area contributed by atoms with Gasteiger partial charge in [0.25, 0.3) is 0 Å². The first kappa shape index (κ1) is 31.1. The molecular formula is C36H58N2O6. The largest absolute Gasteiger partial charge is 0.446 e. The SMILES string of the molecule is CNC(=O)OC(C(C)C)C1C[C@@H](C)[C@H]2C(O1)[C@H](O)C1(C)C3CC[C@H]4C(C)(C)C(OC(=O)N5CCC5)CCC45CC35CCC21C. The second kappa shape index (κ2) is 9.98. The first-order chi connectivity index (χ1) is 20.7. The number of carbonyl (C=O) groups excluding carboxylic acids is 2. The number of hydrogen-bond donors (Lipinski definition) is 2. The Hall–Kier alpha value is -1.54. The molecule has 2 N–H and O–H groups in total. The van der Waals surface area contributed by atoms with Crippen molar-refractivity contribution < 1.29 is 28.9 Å². The van der Waals surface area contributed by atoms with Gasteiger partial charge < -0.3 is 29.5 Å². The molecule has 7 rings (SSSR count). The van der Waals surface area contributed by atoms with Gasteiger partial charge in [-0.1, -0.05) is 48.5 Å². The molecule has 5 saturated carbocycles. The summed E-state index contributed by atoms with van der Waals surface area (Å²) in [5.41, 5.74) is 0.239. The lowest BCUT2D eigenvalue weighted by molar-refractivity contribution is -0.185. The number of nitrogens with one attached hydrogen (secondary N) is 1.